The molecular formula is C56H34N4O. The molecule has 0 aliphatic rings. The predicted octanol–water partition coefficient (Wildman–Crippen LogP) is 14.7. The van der Waals surface area contributed by atoms with Crippen molar-refractivity contribution in [2.75, 3.05) is 0 Å². The zero-order valence-corrected chi connectivity index (χ0v) is 32.8. The highest BCUT2D eigenvalue weighted by atomic mass is 16.3. The highest BCUT2D eigenvalue weighted by Gasteiger charge is 2.24. The number of para-hydroxylation sites is 5. The lowest BCUT2D eigenvalue weighted by Crippen LogP contribution is -1.98. The van der Waals surface area contributed by atoms with Gasteiger partial charge in [0, 0.05) is 65.8 Å². The number of rotatable bonds is 5. The molecule has 0 saturated carbocycles. The van der Waals surface area contributed by atoms with Crippen LogP contribution in [0.3, 0.4) is 0 Å². The summed E-state index contributed by atoms with van der Waals surface area (Å²) < 4.78 is 11.6. The summed E-state index contributed by atoms with van der Waals surface area (Å²) in [6, 6.07) is 72.9. The molecule has 4 aromatic heterocycles. The molecule has 0 fully saturated rings. The van der Waals surface area contributed by atoms with Crippen molar-refractivity contribution in [3.05, 3.63) is 206 Å². The normalized spacial score (nSPS) is 11.9. The largest absolute Gasteiger partial charge is 0.455 e. The first-order chi connectivity index (χ1) is 30.3. The summed E-state index contributed by atoms with van der Waals surface area (Å²) in [6.07, 6.45) is 0. The molecule has 0 atom stereocenters. The maximum Gasteiger partial charge on any atom is 0.161 e. The molecule has 0 saturated heterocycles. The second-order valence-corrected chi connectivity index (χ2v) is 15.7. The third kappa shape index (κ3) is 5.08. The Morgan fingerprint density at radius 1 is 0.344 bits per heavy atom. The van der Waals surface area contributed by atoms with Crippen LogP contribution in [0.1, 0.15) is 0 Å². The fraction of sp³-hybridized carbons (Fsp3) is 0. The van der Waals surface area contributed by atoms with Gasteiger partial charge in [0.05, 0.1) is 33.5 Å². The van der Waals surface area contributed by atoms with E-state index in [1.807, 2.05) is 12.1 Å². The molecule has 4 heterocycles. The molecule has 0 aliphatic heterocycles. The minimum Gasteiger partial charge on any atom is -0.455 e. The topological polar surface area (TPSA) is 48.8 Å². The number of hydrogen-bond donors (Lipinski definition) is 0. The highest BCUT2D eigenvalue weighted by Crippen LogP contribution is 2.46. The third-order valence-corrected chi connectivity index (χ3v) is 12.3. The lowest BCUT2D eigenvalue weighted by Gasteiger charge is -2.14. The van der Waals surface area contributed by atoms with Crippen molar-refractivity contribution >= 4 is 76.3 Å². The maximum atomic E-state index is 6.87. The summed E-state index contributed by atoms with van der Waals surface area (Å²) >= 11 is 0. The van der Waals surface area contributed by atoms with Crippen LogP contribution in [0.2, 0.25) is 0 Å². The average Bonchev–Trinajstić information content (AvgIpc) is 3.99. The van der Waals surface area contributed by atoms with Gasteiger partial charge in [-0.3, -0.25) is 0 Å². The summed E-state index contributed by atoms with van der Waals surface area (Å²) in [4.78, 5) is 11.0. The van der Waals surface area contributed by atoms with E-state index in [9.17, 15) is 0 Å². The van der Waals surface area contributed by atoms with Gasteiger partial charge in [-0.15, -0.1) is 0 Å². The molecule has 0 unspecified atom stereocenters. The Kier molecular flexibility index (Phi) is 7.24. The molecule has 284 valence electrons. The van der Waals surface area contributed by atoms with Crippen LogP contribution < -0.4 is 0 Å². The molecule has 0 bridgehead atoms. The standard InChI is InChI=1S/C56H34N4O/c1-4-16-35(17-5-1)46-34-47(36-28-31-50-44(32-36)39-22-10-13-25-48(39)59(50)37-18-6-2-7-19-37)58-56(57-46)45-33-51-53(43-24-11-14-26-49(43)60(51)38-20-8-3-9-21-38)54-41(45)29-30-42-40-23-12-15-27-52(40)61-55(42)54/h1-34H. The summed E-state index contributed by atoms with van der Waals surface area (Å²) in [5.74, 6) is 0.649. The van der Waals surface area contributed by atoms with Crippen LogP contribution in [-0.4, -0.2) is 19.1 Å². The summed E-state index contributed by atoms with van der Waals surface area (Å²) in [7, 11) is 0. The predicted molar refractivity (Wildman–Crippen MR) is 252 cm³/mol. The fourth-order valence-electron chi connectivity index (χ4n) is 9.64. The lowest BCUT2D eigenvalue weighted by molar-refractivity contribution is 0.673. The molecule has 0 spiro atoms. The van der Waals surface area contributed by atoms with Crippen molar-refractivity contribution in [1.82, 2.24) is 19.1 Å². The number of benzene rings is 9. The monoisotopic (exact) mass is 778 g/mol. The average molecular weight is 779 g/mol. The minimum absolute atomic E-state index is 0.649. The van der Waals surface area contributed by atoms with Gasteiger partial charge in [-0.05, 0) is 78.2 Å². The van der Waals surface area contributed by atoms with Gasteiger partial charge >= 0.3 is 0 Å². The van der Waals surface area contributed by atoms with Crippen molar-refractivity contribution in [2.45, 2.75) is 0 Å². The molecule has 61 heavy (non-hydrogen) atoms. The van der Waals surface area contributed by atoms with Crippen molar-refractivity contribution in [2.24, 2.45) is 0 Å². The number of furan rings is 1. The van der Waals surface area contributed by atoms with Crippen molar-refractivity contribution < 1.29 is 4.42 Å². The van der Waals surface area contributed by atoms with Gasteiger partial charge in [-0.1, -0.05) is 133 Å². The van der Waals surface area contributed by atoms with E-state index in [0.29, 0.717) is 5.82 Å². The second-order valence-electron chi connectivity index (χ2n) is 15.7. The number of nitrogens with zero attached hydrogens (tertiary/aromatic N) is 4. The van der Waals surface area contributed by atoms with E-state index in [2.05, 4.69) is 203 Å². The van der Waals surface area contributed by atoms with E-state index in [1.165, 1.54) is 16.3 Å². The van der Waals surface area contributed by atoms with Gasteiger partial charge in [-0.2, -0.15) is 0 Å². The van der Waals surface area contributed by atoms with E-state index in [-0.39, 0.29) is 0 Å². The Morgan fingerprint density at radius 2 is 0.902 bits per heavy atom. The third-order valence-electron chi connectivity index (χ3n) is 12.3. The first-order valence-electron chi connectivity index (χ1n) is 20.7. The van der Waals surface area contributed by atoms with Crippen LogP contribution in [0.25, 0.3) is 122 Å². The second kappa shape index (κ2) is 13.1. The molecule has 0 N–H and O–H groups in total. The van der Waals surface area contributed by atoms with Crippen LogP contribution in [0, 0.1) is 0 Å². The van der Waals surface area contributed by atoms with E-state index in [4.69, 9.17) is 14.4 Å². The molecule has 5 nitrogen and oxygen atoms in total. The Labute approximate surface area is 350 Å². The molecular weight excluding hydrogens is 745 g/mol. The van der Waals surface area contributed by atoms with Gasteiger partial charge in [-0.25, -0.2) is 9.97 Å². The van der Waals surface area contributed by atoms with Crippen molar-refractivity contribution in [1.29, 1.82) is 0 Å². The molecule has 0 aliphatic carbocycles. The van der Waals surface area contributed by atoms with E-state index in [0.717, 1.165) is 99.5 Å². The number of fused-ring (bicyclic) bond motifs is 12. The Balaban J connectivity index is 1.14. The molecule has 0 amide bonds. The van der Waals surface area contributed by atoms with Crippen molar-refractivity contribution in [3.8, 4) is 45.3 Å². The summed E-state index contributed by atoms with van der Waals surface area (Å²) in [5, 5.41) is 8.94. The zero-order chi connectivity index (χ0) is 40.0. The van der Waals surface area contributed by atoms with E-state index in [1.54, 1.807) is 0 Å². The fourth-order valence-corrected chi connectivity index (χ4v) is 9.64. The van der Waals surface area contributed by atoms with Crippen LogP contribution in [-0.2, 0) is 0 Å². The Morgan fingerprint density at radius 3 is 1.64 bits per heavy atom. The van der Waals surface area contributed by atoms with Gasteiger partial charge in [0.15, 0.2) is 5.82 Å². The summed E-state index contributed by atoms with van der Waals surface area (Å²) in [6.45, 7) is 0. The molecule has 13 aromatic rings. The van der Waals surface area contributed by atoms with Crippen LogP contribution >= 0.6 is 0 Å². The first kappa shape index (κ1) is 33.7. The maximum absolute atomic E-state index is 6.87. The Bertz CT molecular complexity index is 3860. The van der Waals surface area contributed by atoms with Crippen LogP contribution in [0.4, 0.5) is 0 Å². The first-order valence-corrected chi connectivity index (χ1v) is 20.7. The smallest absolute Gasteiger partial charge is 0.161 e. The van der Waals surface area contributed by atoms with E-state index < -0.39 is 0 Å². The molecule has 9 aromatic carbocycles. The van der Waals surface area contributed by atoms with Gasteiger partial charge in [0.2, 0.25) is 0 Å². The number of aromatic nitrogens is 4. The Hall–Kier alpha value is -8.28. The van der Waals surface area contributed by atoms with Gasteiger partial charge in [0.25, 0.3) is 0 Å². The van der Waals surface area contributed by atoms with Crippen LogP contribution in [0.5, 0.6) is 0 Å². The highest BCUT2D eigenvalue weighted by molar-refractivity contribution is 6.31. The minimum atomic E-state index is 0.649. The SMILES string of the molecule is c1ccc(-c2cc(-c3ccc4c(c3)c3ccccc3n4-c3ccccc3)nc(-c3cc4c(c5ccccc5n4-c4ccccc4)c4c3ccc3c5ccccc5oc34)n2)cc1. The van der Waals surface area contributed by atoms with E-state index >= 15 is 0 Å². The lowest BCUT2D eigenvalue weighted by atomic mass is 9.96. The van der Waals surface area contributed by atoms with Crippen LogP contribution in [0.15, 0.2) is 211 Å². The molecule has 0 radical (unpaired) electrons. The quantitative estimate of drug-likeness (QED) is 0.175. The van der Waals surface area contributed by atoms with Gasteiger partial charge < -0.3 is 13.6 Å². The summed E-state index contributed by atoms with van der Waals surface area (Å²) in [5.41, 5.74) is 13.1. The number of hydrogen-bond acceptors (Lipinski definition) is 3. The zero-order valence-electron chi connectivity index (χ0n) is 32.8. The molecule has 13 rings (SSSR count). The van der Waals surface area contributed by atoms with Gasteiger partial charge in [0.1, 0.15) is 11.2 Å². The molecule has 5 heteroatoms. The van der Waals surface area contributed by atoms with Crippen molar-refractivity contribution in [3.63, 3.8) is 0 Å².